The van der Waals surface area contributed by atoms with Gasteiger partial charge in [-0.15, -0.1) is 11.6 Å². The molecule has 0 radical (unpaired) electrons. The minimum Gasteiger partial charge on any atom is -0.395 e. The number of halogens is 1. The molecule has 0 aromatic rings. The van der Waals surface area contributed by atoms with Crippen LogP contribution in [0.2, 0.25) is 0 Å². The molecule has 8 heavy (non-hydrogen) atoms. The standard InChI is InChI=1S/C5H10ClNO/c6-5-3-7(4-5)1-2-8/h5,8H,1-4H2. The summed E-state index contributed by atoms with van der Waals surface area (Å²) in [5.74, 6) is 0. The van der Waals surface area contributed by atoms with Crippen molar-refractivity contribution in [1.29, 1.82) is 0 Å². The van der Waals surface area contributed by atoms with E-state index in [2.05, 4.69) is 4.90 Å². The molecule has 1 N–H and O–H groups in total. The average molecular weight is 136 g/mol. The van der Waals surface area contributed by atoms with Gasteiger partial charge in [0.1, 0.15) is 0 Å². The van der Waals surface area contributed by atoms with E-state index in [0.29, 0.717) is 5.38 Å². The van der Waals surface area contributed by atoms with Gasteiger partial charge in [0, 0.05) is 19.6 Å². The molecular weight excluding hydrogens is 126 g/mol. The van der Waals surface area contributed by atoms with Gasteiger partial charge in [-0.3, -0.25) is 4.90 Å². The fourth-order valence-corrected chi connectivity index (χ4v) is 1.22. The van der Waals surface area contributed by atoms with Gasteiger partial charge in [0.25, 0.3) is 0 Å². The first-order valence-electron chi connectivity index (χ1n) is 2.80. The van der Waals surface area contributed by atoms with Gasteiger partial charge in [0.2, 0.25) is 0 Å². The molecule has 2 nitrogen and oxygen atoms in total. The third-order valence-corrected chi connectivity index (χ3v) is 1.60. The molecule has 1 aliphatic heterocycles. The highest BCUT2D eigenvalue weighted by Crippen LogP contribution is 2.11. The Hall–Kier alpha value is 0.210. The largest absolute Gasteiger partial charge is 0.395 e. The second-order valence-corrected chi connectivity index (χ2v) is 2.70. The quantitative estimate of drug-likeness (QED) is 0.535. The molecule has 0 bridgehead atoms. The SMILES string of the molecule is OCCN1CC(Cl)C1. The second kappa shape index (κ2) is 2.67. The third-order valence-electron chi connectivity index (χ3n) is 1.33. The number of likely N-dealkylation sites (tertiary alicyclic amines) is 1. The Labute approximate surface area is 54.1 Å². The van der Waals surface area contributed by atoms with Gasteiger partial charge < -0.3 is 5.11 Å². The number of aliphatic hydroxyl groups excluding tert-OH is 1. The zero-order chi connectivity index (χ0) is 5.98. The fraction of sp³-hybridized carbons (Fsp3) is 1.00. The van der Waals surface area contributed by atoms with E-state index < -0.39 is 0 Å². The summed E-state index contributed by atoms with van der Waals surface area (Å²) in [4.78, 5) is 2.12. The predicted octanol–water partition coefficient (Wildman–Crippen LogP) is -0.0983. The van der Waals surface area contributed by atoms with Crippen molar-refractivity contribution in [3.8, 4) is 0 Å². The normalized spacial score (nSPS) is 23.2. The summed E-state index contributed by atoms with van der Waals surface area (Å²) in [5, 5.41) is 8.74. The molecule has 0 atom stereocenters. The number of nitrogens with zero attached hydrogens (tertiary/aromatic N) is 1. The highest BCUT2D eigenvalue weighted by Gasteiger charge is 2.22. The van der Waals surface area contributed by atoms with Gasteiger partial charge in [-0.1, -0.05) is 0 Å². The van der Waals surface area contributed by atoms with E-state index in [9.17, 15) is 0 Å². The van der Waals surface area contributed by atoms with E-state index in [1.807, 2.05) is 0 Å². The van der Waals surface area contributed by atoms with Crippen molar-refractivity contribution in [2.45, 2.75) is 5.38 Å². The number of aliphatic hydroxyl groups is 1. The molecule has 1 aliphatic rings. The van der Waals surface area contributed by atoms with Gasteiger partial charge in [0.15, 0.2) is 0 Å². The number of β-amino-alcohol motifs (C(OH)–C–C–N with tert-alkyl or cyclic N) is 1. The van der Waals surface area contributed by atoms with Gasteiger partial charge in [-0.05, 0) is 0 Å². The number of rotatable bonds is 2. The highest BCUT2D eigenvalue weighted by atomic mass is 35.5. The molecule has 3 heteroatoms. The van der Waals surface area contributed by atoms with Gasteiger partial charge in [-0.2, -0.15) is 0 Å². The molecule has 0 aliphatic carbocycles. The number of hydrogen-bond acceptors (Lipinski definition) is 2. The Morgan fingerprint density at radius 1 is 1.62 bits per heavy atom. The molecule has 1 heterocycles. The lowest BCUT2D eigenvalue weighted by Gasteiger charge is -2.34. The Morgan fingerprint density at radius 3 is 2.62 bits per heavy atom. The Morgan fingerprint density at radius 2 is 2.25 bits per heavy atom. The molecule has 0 saturated carbocycles. The summed E-state index contributed by atoms with van der Waals surface area (Å²) in [6, 6.07) is 0. The molecule has 0 unspecified atom stereocenters. The summed E-state index contributed by atoms with van der Waals surface area (Å²) in [6.07, 6.45) is 0. The zero-order valence-electron chi connectivity index (χ0n) is 4.68. The molecule has 1 saturated heterocycles. The first-order valence-corrected chi connectivity index (χ1v) is 3.24. The maximum absolute atomic E-state index is 8.40. The van der Waals surface area contributed by atoms with E-state index in [4.69, 9.17) is 16.7 Å². The molecule has 0 aromatic carbocycles. The second-order valence-electron chi connectivity index (χ2n) is 2.08. The van der Waals surface area contributed by atoms with Crippen LogP contribution in [0, 0.1) is 0 Å². The Bertz CT molecular complexity index is 70.1. The first kappa shape index (κ1) is 6.33. The van der Waals surface area contributed by atoms with E-state index in [1.54, 1.807) is 0 Å². The van der Waals surface area contributed by atoms with Crippen molar-refractivity contribution < 1.29 is 5.11 Å². The lowest BCUT2D eigenvalue weighted by atomic mass is 10.2. The van der Waals surface area contributed by atoms with E-state index >= 15 is 0 Å². The minimum atomic E-state index is 0.254. The lowest BCUT2D eigenvalue weighted by Crippen LogP contribution is -2.48. The van der Waals surface area contributed by atoms with E-state index in [1.165, 1.54) is 0 Å². The fourth-order valence-electron chi connectivity index (χ4n) is 0.831. The number of hydrogen-bond donors (Lipinski definition) is 1. The summed E-state index contributed by atoms with van der Waals surface area (Å²) >= 11 is 5.66. The van der Waals surface area contributed by atoms with Gasteiger partial charge in [0.05, 0.1) is 12.0 Å². The first-order chi connectivity index (χ1) is 3.83. The maximum Gasteiger partial charge on any atom is 0.0590 e. The van der Waals surface area contributed by atoms with Gasteiger partial charge in [-0.25, -0.2) is 0 Å². The summed E-state index contributed by atoms with van der Waals surface area (Å²) in [5.41, 5.74) is 0. The van der Waals surface area contributed by atoms with Crippen LogP contribution in [0.3, 0.4) is 0 Å². The highest BCUT2D eigenvalue weighted by molar-refractivity contribution is 6.21. The van der Waals surface area contributed by atoms with Crippen LogP contribution in [-0.2, 0) is 0 Å². The van der Waals surface area contributed by atoms with Crippen LogP contribution in [-0.4, -0.2) is 41.6 Å². The lowest BCUT2D eigenvalue weighted by molar-refractivity contribution is 0.143. The molecular formula is C5H10ClNO. The van der Waals surface area contributed by atoms with Crippen LogP contribution in [0.5, 0.6) is 0 Å². The summed E-state index contributed by atoms with van der Waals surface area (Å²) in [7, 11) is 0. The van der Waals surface area contributed by atoms with Crippen LogP contribution >= 0.6 is 11.6 Å². The van der Waals surface area contributed by atoms with Crippen LogP contribution in [0.15, 0.2) is 0 Å². The topological polar surface area (TPSA) is 23.5 Å². The molecule has 48 valence electrons. The molecule has 1 rings (SSSR count). The van der Waals surface area contributed by atoms with Crippen molar-refractivity contribution in [3.05, 3.63) is 0 Å². The van der Waals surface area contributed by atoms with Crippen molar-refractivity contribution in [2.24, 2.45) is 0 Å². The Balaban J connectivity index is 1.98. The zero-order valence-corrected chi connectivity index (χ0v) is 5.43. The van der Waals surface area contributed by atoms with Crippen molar-refractivity contribution in [2.75, 3.05) is 26.2 Å². The molecule has 1 fully saturated rings. The third kappa shape index (κ3) is 1.34. The van der Waals surface area contributed by atoms with Crippen LogP contribution in [0.25, 0.3) is 0 Å². The van der Waals surface area contributed by atoms with Crippen molar-refractivity contribution in [3.63, 3.8) is 0 Å². The van der Waals surface area contributed by atoms with Crippen LogP contribution in [0.1, 0.15) is 0 Å². The van der Waals surface area contributed by atoms with Crippen LogP contribution in [0.4, 0.5) is 0 Å². The minimum absolute atomic E-state index is 0.254. The average Bonchev–Trinajstić information content (AvgIpc) is 1.64. The van der Waals surface area contributed by atoms with Crippen LogP contribution < -0.4 is 0 Å². The summed E-state index contributed by atoms with van der Waals surface area (Å²) in [6.45, 7) is 2.93. The molecule has 0 amide bonds. The van der Waals surface area contributed by atoms with E-state index in [-0.39, 0.29) is 6.61 Å². The van der Waals surface area contributed by atoms with Crippen molar-refractivity contribution in [1.82, 2.24) is 4.90 Å². The predicted molar refractivity (Wildman–Crippen MR) is 33.2 cm³/mol. The molecule has 0 spiro atoms. The summed E-state index contributed by atoms with van der Waals surface area (Å²) < 4.78 is 0. The molecule has 0 aromatic heterocycles. The van der Waals surface area contributed by atoms with Crippen molar-refractivity contribution >= 4 is 11.6 Å². The van der Waals surface area contributed by atoms with E-state index in [0.717, 1.165) is 19.6 Å². The number of alkyl halides is 1. The maximum atomic E-state index is 8.40. The monoisotopic (exact) mass is 135 g/mol. The van der Waals surface area contributed by atoms with Gasteiger partial charge >= 0.3 is 0 Å². The Kier molecular flexibility index (Phi) is 2.11. The smallest absolute Gasteiger partial charge is 0.0590 e.